The Labute approximate surface area is 71.9 Å². The van der Waals surface area contributed by atoms with Crippen molar-refractivity contribution in [2.24, 2.45) is 0 Å². The summed E-state index contributed by atoms with van der Waals surface area (Å²) in [6.45, 7) is 5.54. The molecule has 1 N–H and O–H groups in total. The lowest BCUT2D eigenvalue weighted by Crippen LogP contribution is -2.37. The Morgan fingerprint density at radius 3 is 2.33 bits per heavy atom. The molecule has 3 amide bonds. The van der Waals surface area contributed by atoms with Crippen LogP contribution < -0.4 is 5.32 Å². The Morgan fingerprint density at radius 2 is 2.08 bits per heavy atom. The molecule has 12 heavy (non-hydrogen) atoms. The van der Waals surface area contributed by atoms with Gasteiger partial charge in [-0.15, -0.1) is 0 Å². The molecule has 0 bridgehead atoms. The fourth-order valence-corrected chi connectivity index (χ4v) is 1.31. The molecular weight excluding hydrogens is 156 g/mol. The summed E-state index contributed by atoms with van der Waals surface area (Å²) in [5.41, 5.74) is 0. The van der Waals surface area contributed by atoms with Gasteiger partial charge in [-0.3, -0.25) is 9.69 Å². The lowest BCUT2D eigenvalue weighted by atomic mass is 10.2. The van der Waals surface area contributed by atoms with Gasteiger partial charge in [-0.25, -0.2) is 4.79 Å². The fraction of sp³-hybridized carbons (Fsp3) is 0.750. The van der Waals surface area contributed by atoms with Gasteiger partial charge in [0.05, 0.1) is 0 Å². The van der Waals surface area contributed by atoms with Crippen molar-refractivity contribution in [3.05, 3.63) is 0 Å². The Hall–Kier alpha value is -1.06. The van der Waals surface area contributed by atoms with Crippen LogP contribution in [0.3, 0.4) is 0 Å². The van der Waals surface area contributed by atoms with Crippen LogP contribution in [0.2, 0.25) is 0 Å². The highest BCUT2D eigenvalue weighted by Gasteiger charge is 2.37. The minimum Gasteiger partial charge on any atom is -0.326 e. The van der Waals surface area contributed by atoms with E-state index in [1.54, 1.807) is 0 Å². The summed E-state index contributed by atoms with van der Waals surface area (Å²) >= 11 is 0. The van der Waals surface area contributed by atoms with E-state index in [4.69, 9.17) is 0 Å². The zero-order chi connectivity index (χ0) is 9.30. The quantitative estimate of drug-likeness (QED) is 0.621. The zero-order valence-corrected chi connectivity index (χ0v) is 7.63. The van der Waals surface area contributed by atoms with Crippen molar-refractivity contribution in [3.63, 3.8) is 0 Å². The fourth-order valence-electron chi connectivity index (χ4n) is 1.31. The number of nitrogens with one attached hydrogen (secondary N) is 1. The molecule has 0 aromatic rings. The summed E-state index contributed by atoms with van der Waals surface area (Å²) in [5.74, 6) is -0.0995. The molecule has 0 aliphatic carbocycles. The summed E-state index contributed by atoms with van der Waals surface area (Å²) in [4.78, 5) is 23.9. The summed E-state index contributed by atoms with van der Waals surface area (Å²) in [7, 11) is 0. The number of hydrogen-bond acceptors (Lipinski definition) is 2. The van der Waals surface area contributed by atoms with Crippen molar-refractivity contribution in [3.8, 4) is 0 Å². The predicted molar refractivity (Wildman–Crippen MR) is 44.6 cm³/mol. The second-order valence-electron chi connectivity index (χ2n) is 3.21. The molecule has 4 nitrogen and oxygen atoms in total. The molecule has 0 saturated carbocycles. The Balaban J connectivity index is 2.77. The number of hydrogen-bond donors (Lipinski definition) is 1. The normalized spacial score (nSPS) is 23.7. The van der Waals surface area contributed by atoms with Gasteiger partial charge >= 0.3 is 6.03 Å². The minimum absolute atomic E-state index is 0.0472. The number of amides is 3. The molecule has 0 aromatic carbocycles. The first-order valence-corrected chi connectivity index (χ1v) is 4.21. The lowest BCUT2D eigenvalue weighted by molar-refractivity contribution is -0.128. The summed E-state index contributed by atoms with van der Waals surface area (Å²) in [6, 6.07) is -0.615. The van der Waals surface area contributed by atoms with Crippen LogP contribution >= 0.6 is 0 Å². The predicted octanol–water partition coefficient (Wildman–Crippen LogP) is 0.725. The second kappa shape index (κ2) is 3.13. The molecule has 0 radical (unpaired) electrons. The van der Waals surface area contributed by atoms with Crippen LogP contribution in [0.1, 0.15) is 27.2 Å². The molecular formula is C8H14N2O2. The van der Waals surface area contributed by atoms with Crippen LogP contribution in [0.15, 0.2) is 0 Å². The van der Waals surface area contributed by atoms with Gasteiger partial charge in [-0.2, -0.15) is 0 Å². The van der Waals surface area contributed by atoms with E-state index >= 15 is 0 Å². The monoisotopic (exact) mass is 170 g/mol. The molecule has 1 rings (SSSR count). The summed E-state index contributed by atoms with van der Waals surface area (Å²) in [5, 5.41) is 2.62. The Morgan fingerprint density at radius 1 is 1.50 bits per heavy atom. The van der Waals surface area contributed by atoms with E-state index < -0.39 is 0 Å². The van der Waals surface area contributed by atoms with Gasteiger partial charge in [-0.1, -0.05) is 6.92 Å². The summed E-state index contributed by atoms with van der Waals surface area (Å²) in [6.07, 6.45) is 0.661. The van der Waals surface area contributed by atoms with Gasteiger partial charge in [0.2, 0.25) is 0 Å². The maximum atomic E-state index is 11.4. The zero-order valence-electron chi connectivity index (χ0n) is 7.63. The molecule has 0 aromatic heterocycles. The molecule has 1 heterocycles. The van der Waals surface area contributed by atoms with Crippen LogP contribution in [-0.2, 0) is 4.79 Å². The topological polar surface area (TPSA) is 49.4 Å². The molecule has 0 spiro atoms. The maximum absolute atomic E-state index is 11.4. The highest BCUT2D eigenvalue weighted by atomic mass is 16.2. The van der Waals surface area contributed by atoms with Gasteiger partial charge in [0.1, 0.15) is 6.04 Å². The van der Waals surface area contributed by atoms with E-state index in [2.05, 4.69) is 5.32 Å². The number of carbonyl (C=O) groups is 2. The smallest absolute Gasteiger partial charge is 0.325 e. The van der Waals surface area contributed by atoms with Crippen molar-refractivity contribution in [1.29, 1.82) is 0 Å². The van der Waals surface area contributed by atoms with Crippen LogP contribution in [0.4, 0.5) is 4.79 Å². The van der Waals surface area contributed by atoms with E-state index in [9.17, 15) is 9.59 Å². The Kier molecular flexibility index (Phi) is 2.35. The molecule has 1 aliphatic rings. The molecule has 1 unspecified atom stereocenters. The second-order valence-corrected chi connectivity index (χ2v) is 3.21. The van der Waals surface area contributed by atoms with Gasteiger partial charge < -0.3 is 5.32 Å². The molecule has 1 aliphatic heterocycles. The first-order valence-electron chi connectivity index (χ1n) is 4.21. The van der Waals surface area contributed by atoms with E-state index in [1.807, 2.05) is 20.8 Å². The van der Waals surface area contributed by atoms with Crippen LogP contribution in [0.5, 0.6) is 0 Å². The lowest BCUT2D eigenvalue weighted by Gasteiger charge is -2.16. The SMILES string of the molecule is CCC1NC(=O)N(C(C)C)C1=O. The van der Waals surface area contributed by atoms with Gasteiger partial charge in [-0.05, 0) is 20.3 Å². The molecule has 4 heteroatoms. The van der Waals surface area contributed by atoms with E-state index in [0.717, 1.165) is 0 Å². The molecule has 68 valence electrons. The molecule has 1 atom stereocenters. The van der Waals surface area contributed by atoms with Crippen LogP contribution in [-0.4, -0.2) is 28.9 Å². The number of imide groups is 1. The first kappa shape index (κ1) is 9.03. The van der Waals surface area contributed by atoms with E-state index in [0.29, 0.717) is 6.42 Å². The van der Waals surface area contributed by atoms with Crippen LogP contribution in [0.25, 0.3) is 0 Å². The average Bonchev–Trinajstić information content (AvgIpc) is 2.25. The largest absolute Gasteiger partial charge is 0.326 e. The number of nitrogens with zero attached hydrogens (tertiary/aromatic N) is 1. The first-order chi connectivity index (χ1) is 5.57. The van der Waals surface area contributed by atoms with Gasteiger partial charge in [0, 0.05) is 6.04 Å². The van der Waals surface area contributed by atoms with E-state index in [-0.39, 0.29) is 24.0 Å². The third-order valence-corrected chi connectivity index (χ3v) is 1.98. The highest BCUT2D eigenvalue weighted by Crippen LogP contribution is 2.11. The van der Waals surface area contributed by atoms with Crippen molar-refractivity contribution in [2.75, 3.05) is 0 Å². The van der Waals surface area contributed by atoms with Crippen molar-refractivity contribution in [2.45, 2.75) is 39.3 Å². The van der Waals surface area contributed by atoms with E-state index in [1.165, 1.54) is 4.90 Å². The maximum Gasteiger partial charge on any atom is 0.325 e. The molecule has 1 fully saturated rings. The van der Waals surface area contributed by atoms with Gasteiger partial charge in [0.15, 0.2) is 0 Å². The minimum atomic E-state index is -0.306. The third kappa shape index (κ3) is 1.29. The number of urea groups is 1. The van der Waals surface area contributed by atoms with Crippen LogP contribution in [0, 0.1) is 0 Å². The van der Waals surface area contributed by atoms with Crippen molar-refractivity contribution in [1.82, 2.24) is 10.2 Å². The third-order valence-electron chi connectivity index (χ3n) is 1.98. The number of rotatable bonds is 2. The standard InChI is InChI=1S/C8H14N2O2/c1-4-6-7(11)10(5(2)3)8(12)9-6/h5-6H,4H2,1-3H3,(H,9,12). The van der Waals surface area contributed by atoms with Crippen molar-refractivity contribution < 1.29 is 9.59 Å². The Bertz CT molecular complexity index is 213. The molecule has 1 saturated heterocycles. The average molecular weight is 170 g/mol. The number of carbonyl (C=O) groups excluding carboxylic acids is 2. The summed E-state index contributed by atoms with van der Waals surface area (Å²) < 4.78 is 0. The van der Waals surface area contributed by atoms with Crippen molar-refractivity contribution >= 4 is 11.9 Å². The van der Waals surface area contributed by atoms with Gasteiger partial charge in [0.25, 0.3) is 5.91 Å². The highest BCUT2D eigenvalue weighted by molar-refractivity contribution is 6.04.